The van der Waals surface area contributed by atoms with Crippen LogP contribution in [0.25, 0.3) is 0 Å². The van der Waals surface area contributed by atoms with Gasteiger partial charge in [0.1, 0.15) is 11.8 Å². The Labute approximate surface area is 224 Å². The normalized spacial score (nSPS) is 12.7. The van der Waals surface area contributed by atoms with Crippen LogP contribution >= 0.6 is 0 Å². The van der Waals surface area contributed by atoms with Crippen molar-refractivity contribution in [2.24, 2.45) is 0 Å². The molecule has 7 heteroatoms. The van der Waals surface area contributed by atoms with Gasteiger partial charge in [-0.15, -0.1) is 0 Å². The number of nitrogens with one attached hydrogen (secondary N) is 1. The van der Waals surface area contributed by atoms with Gasteiger partial charge in [-0.3, -0.25) is 14.4 Å². The summed E-state index contributed by atoms with van der Waals surface area (Å²) in [5.74, 6) is -0.808. The van der Waals surface area contributed by atoms with E-state index >= 15 is 0 Å². The van der Waals surface area contributed by atoms with Gasteiger partial charge < -0.3 is 19.7 Å². The van der Waals surface area contributed by atoms with Crippen LogP contribution in [-0.2, 0) is 16.0 Å². The summed E-state index contributed by atoms with van der Waals surface area (Å²) in [6.45, 7) is 7.76. The van der Waals surface area contributed by atoms with Crippen LogP contribution < -0.4 is 15.6 Å². The number of aliphatic carboxylic acids is 1. The van der Waals surface area contributed by atoms with E-state index in [1.54, 1.807) is 30.5 Å². The standard InChI is InChI=1S/C31H38N2O5/c1-5-6-15-28(33-20-22(4)16-25(31(33)37)17-23-11-8-7-9-12-23)30(36)32-27(19-29(34)35)24-13-10-14-26(18-24)38-21(2)3/h7-14,16,18,20-21,27-28H,5-6,15,17,19H2,1-4H3,(H,32,36)(H,34,35)/t27-,28?/m0/s1. The molecule has 1 unspecified atom stereocenters. The van der Waals surface area contributed by atoms with E-state index in [0.717, 1.165) is 24.0 Å². The molecule has 2 aromatic carbocycles. The Bertz CT molecular complexity index is 1280. The van der Waals surface area contributed by atoms with Gasteiger partial charge in [0.15, 0.2) is 0 Å². The van der Waals surface area contributed by atoms with Crippen molar-refractivity contribution in [2.75, 3.05) is 0 Å². The maximum absolute atomic E-state index is 13.7. The van der Waals surface area contributed by atoms with Gasteiger partial charge in [-0.1, -0.05) is 62.2 Å². The smallest absolute Gasteiger partial charge is 0.305 e. The fourth-order valence-electron chi connectivity index (χ4n) is 4.56. The van der Waals surface area contributed by atoms with Crippen LogP contribution in [0.1, 0.15) is 80.8 Å². The van der Waals surface area contributed by atoms with Gasteiger partial charge in [0.2, 0.25) is 5.91 Å². The van der Waals surface area contributed by atoms with E-state index in [-0.39, 0.29) is 24.0 Å². The number of ether oxygens (including phenoxy) is 1. The third kappa shape index (κ3) is 8.07. The number of pyridine rings is 1. The monoisotopic (exact) mass is 518 g/mol. The van der Waals surface area contributed by atoms with Crippen molar-refractivity contribution < 1.29 is 19.4 Å². The van der Waals surface area contributed by atoms with Crippen molar-refractivity contribution >= 4 is 11.9 Å². The number of nitrogens with zero attached hydrogens (tertiary/aromatic N) is 1. The molecule has 0 aliphatic rings. The molecule has 0 radical (unpaired) electrons. The fraction of sp³-hybridized carbons (Fsp3) is 0.387. The first-order valence-electron chi connectivity index (χ1n) is 13.2. The van der Waals surface area contributed by atoms with E-state index < -0.39 is 18.1 Å². The molecule has 1 heterocycles. The van der Waals surface area contributed by atoms with Crippen molar-refractivity contribution in [3.63, 3.8) is 0 Å². The SMILES string of the molecule is CCCCC(C(=O)N[C@@H](CC(=O)O)c1cccc(OC(C)C)c1)n1cc(C)cc(Cc2ccccc2)c1=O. The largest absolute Gasteiger partial charge is 0.491 e. The van der Waals surface area contributed by atoms with Crippen molar-refractivity contribution in [1.29, 1.82) is 0 Å². The van der Waals surface area contributed by atoms with Crippen molar-refractivity contribution in [2.45, 2.75) is 78.0 Å². The van der Waals surface area contributed by atoms with E-state index in [9.17, 15) is 19.5 Å². The summed E-state index contributed by atoms with van der Waals surface area (Å²) in [4.78, 5) is 39.0. The highest BCUT2D eigenvalue weighted by Gasteiger charge is 2.27. The molecule has 1 aromatic heterocycles. The van der Waals surface area contributed by atoms with E-state index in [0.29, 0.717) is 29.7 Å². The quantitative estimate of drug-likeness (QED) is 0.307. The Morgan fingerprint density at radius 1 is 1.05 bits per heavy atom. The zero-order valence-corrected chi connectivity index (χ0v) is 22.6. The van der Waals surface area contributed by atoms with Gasteiger partial charge in [-0.05, 0) is 62.1 Å². The second-order valence-electron chi connectivity index (χ2n) is 9.97. The number of hydrogen-bond acceptors (Lipinski definition) is 4. The summed E-state index contributed by atoms with van der Waals surface area (Å²) in [5.41, 5.74) is 2.94. The van der Waals surface area contributed by atoms with E-state index in [1.807, 2.05) is 64.1 Å². The number of amides is 1. The fourth-order valence-corrected chi connectivity index (χ4v) is 4.56. The molecular formula is C31H38N2O5. The number of hydrogen-bond donors (Lipinski definition) is 2. The number of unbranched alkanes of at least 4 members (excludes halogenated alkanes) is 1. The molecule has 0 saturated carbocycles. The Balaban J connectivity index is 1.95. The number of carboxylic acids is 1. The molecule has 0 fully saturated rings. The van der Waals surface area contributed by atoms with Crippen LogP contribution in [0.15, 0.2) is 71.7 Å². The van der Waals surface area contributed by atoms with Gasteiger partial charge in [-0.25, -0.2) is 0 Å². The summed E-state index contributed by atoms with van der Waals surface area (Å²) in [7, 11) is 0. The van der Waals surface area contributed by atoms with Crippen LogP contribution in [0.3, 0.4) is 0 Å². The van der Waals surface area contributed by atoms with Gasteiger partial charge in [0.25, 0.3) is 5.56 Å². The molecular weight excluding hydrogens is 480 g/mol. The molecule has 0 aliphatic carbocycles. The number of carbonyl (C=O) groups is 2. The highest BCUT2D eigenvalue weighted by Crippen LogP contribution is 2.25. The summed E-state index contributed by atoms with van der Waals surface area (Å²) < 4.78 is 7.29. The average Bonchev–Trinajstić information content (AvgIpc) is 2.86. The summed E-state index contributed by atoms with van der Waals surface area (Å²) in [6, 6.07) is 17.2. The van der Waals surface area contributed by atoms with Gasteiger partial charge in [-0.2, -0.15) is 0 Å². The van der Waals surface area contributed by atoms with Crippen LogP contribution in [0.5, 0.6) is 5.75 Å². The van der Waals surface area contributed by atoms with E-state index in [4.69, 9.17) is 4.74 Å². The van der Waals surface area contributed by atoms with Crippen molar-refractivity contribution in [1.82, 2.24) is 9.88 Å². The zero-order chi connectivity index (χ0) is 27.7. The van der Waals surface area contributed by atoms with Crippen molar-refractivity contribution in [3.8, 4) is 5.75 Å². The minimum Gasteiger partial charge on any atom is -0.491 e. The molecule has 3 aromatic rings. The Hall–Kier alpha value is -3.87. The molecule has 0 saturated heterocycles. The number of aromatic nitrogens is 1. The Kier molecular flexibility index (Phi) is 10.3. The second-order valence-corrected chi connectivity index (χ2v) is 9.97. The van der Waals surface area contributed by atoms with Gasteiger partial charge in [0.05, 0.1) is 18.6 Å². The number of carboxylic acid groups (broad SMARTS) is 1. The second kappa shape index (κ2) is 13.6. The first kappa shape index (κ1) is 28.7. The van der Waals surface area contributed by atoms with E-state index in [2.05, 4.69) is 5.32 Å². The number of benzene rings is 2. The third-order valence-corrected chi connectivity index (χ3v) is 6.29. The maximum Gasteiger partial charge on any atom is 0.305 e. The molecule has 1 amide bonds. The predicted molar refractivity (Wildman–Crippen MR) is 149 cm³/mol. The summed E-state index contributed by atoms with van der Waals surface area (Å²) in [5, 5.41) is 12.5. The number of carbonyl (C=O) groups excluding carboxylic acids is 1. The van der Waals surface area contributed by atoms with Crippen LogP contribution in [0, 0.1) is 6.92 Å². The highest BCUT2D eigenvalue weighted by molar-refractivity contribution is 5.81. The van der Waals surface area contributed by atoms with Gasteiger partial charge >= 0.3 is 5.97 Å². The average molecular weight is 519 g/mol. The van der Waals surface area contributed by atoms with E-state index in [1.165, 1.54) is 4.57 Å². The van der Waals surface area contributed by atoms with Gasteiger partial charge in [0, 0.05) is 18.2 Å². The van der Waals surface area contributed by atoms with Crippen molar-refractivity contribution in [3.05, 3.63) is 99.5 Å². The molecule has 38 heavy (non-hydrogen) atoms. The number of rotatable bonds is 13. The molecule has 2 atom stereocenters. The Morgan fingerprint density at radius 3 is 2.45 bits per heavy atom. The number of aryl methyl sites for hydroxylation is 1. The summed E-state index contributed by atoms with van der Waals surface area (Å²) in [6.07, 6.45) is 3.91. The lowest BCUT2D eigenvalue weighted by atomic mass is 10.0. The molecule has 2 N–H and O–H groups in total. The maximum atomic E-state index is 13.7. The molecule has 3 rings (SSSR count). The van der Waals surface area contributed by atoms with Crippen LogP contribution in [-0.4, -0.2) is 27.7 Å². The zero-order valence-electron chi connectivity index (χ0n) is 22.6. The topological polar surface area (TPSA) is 97.6 Å². The lowest BCUT2D eigenvalue weighted by Crippen LogP contribution is -2.40. The highest BCUT2D eigenvalue weighted by atomic mass is 16.5. The minimum absolute atomic E-state index is 0.0468. The van der Waals surface area contributed by atoms with Crippen LogP contribution in [0.2, 0.25) is 0 Å². The molecule has 7 nitrogen and oxygen atoms in total. The predicted octanol–water partition coefficient (Wildman–Crippen LogP) is 5.60. The molecule has 0 bridgehead atoms. The molecule has 0 aliphatic heterocycles. The Morgan fingerprint density at radius 2 is 1.79 bits per heavy atom. The van der Waals surface area contributed by atoms with Crippen LogP contribution in [0.4, 0.5) is 0 Å². The lowest BCUT2D eigenvalue weighted by Gasteiger charge is -2.25. The third-order valence-electron chi connectivity index (χ3n) is 6.29. The molecule has 202 valence electrons. The lowest BCUT2D eigenvalue weighted by molar-refractivity contribution is -0.138. The first-order chi connectivity index (χ1) is 18.2. The molecule has 0 spiro atoms. The minimum atomic E-state index is -1.03. The first-order valence-corrected chi connectivity index (χ1v) is 13.2. The summed E-state index contributed by atoms with van der Waals surface area (Å²) >= 11 is 0.